The van der Waals surface area contributed by atoms with Gasteiger partial charge in [-0.1, -0.05) is 84.9 Å². The normalized spacial score (nSPS) is 14.7. The second-order valence-corrected chi connectivity index (χ2v) is 13.5. The van der Waals surface area contributed by atoms with Crippen molar-refractivity contribution in [1.29, 1.82) is 0 Å². The minimum Gasteiger partial charge on any atom is -0.349 e. The molecule has 0 saturated heterocycles. The molecule has 5 rings (SSSR count). The van der Waals surface area contributed by atoms with Crippen LogP contribution in [0.2, 0.25) is 0 Å². The van der Waals surface area contributed by atoms with E-state index in [1.165, 1.54) is 9.80 Å². The Morgan fingerprint density at radius 1 is 0.500 bits per heavy atom. The van der Waals surface area contributed by atoms with Crippen LogP contribution < -0.4 is 20.4 Å². The zero-order valence-corrected chi connectivity index (χ0v) is 27.1. The molecular weight excluding hydrogens is 576 g/mol. The van der Waals surface area contributed by atoms with Crippen molar-refractivity contribution in [2.45, 2.75) is 64.7 Å². The molecule has 4 amide bonds. The maximum absolute atomic E-state index is 15.0. The van der Waals surface area contributed by atoms with Gasteiger partial charge in [0.2, 0.25) is 11.8 Å². The maximum atomic E-state index is 15.0. The predicted octanol–water partition coefficient (Wildman–Crippen LogP) is 6.61. The molecule has 0 radical (unpaired) electrons. The molecule has 46 heavy (non-hydrogen) atoms. The van der Waals surface area contributed by atoms with Crippen molar-refractivity contribution in [3.63, 3.8) is 0 Å². The molecule has 0 saturated carbocycles. The maximum Gasteiger partial charge on any atom is 0.261 e. The molecule has 0 aromatic heterocycles. The largest absolute Gasteiger partial charge is 0.349 e. The van der Waals surface area contributed by atoms with Crippen LogP contribution >= 0.6 is 0 Å². The van der Waals surface area contributed by atoms with E-state index in [-0.39, 0.29) is 22.5 Å². The lowest BCUT2D eigenvalue weighted by Crippen LogP contribution is -2.52. The first-order valence-corrected chi connectivity index (χ1v) is 15.4. The van der Waals surface area contributed by atoms with E-state index in [1.807, 2.05) is 77.9 Å². The lowest BCUT2D eigenvalue weighted by molar-refractivity contribution is -0.124. The van der Waals surface area contributed by atoms with Crippen molar-refractivity contribution in [1.82, 2.24) is 10.6 Å². The molecule has 1 aliphatic rings. The fourth-order valence-electron chi connectivity index (χ4n) is 5.70. The van der Waals surface area contributed by atoms with Gasteiger partial charge in [0.25, 0.3) is 11.8 Å². The van der Waals surface area contributed by atoms with Crippen molar-refractivity contribution in [2.75, 3.05) is 9.80 Å². The van der Waals surface area contributed by atoms with Gasteiger partial charge in [-0.3, -0.25) is 29.0 Å². The summed E-state index contributed by atoms with van der Waals surface area (Å²) in [7, 11) is 0. The second kappa shape index (κ2) is 12.6. The Bertz CT molecular complexity index is 1630. The van der Waals surface area contributed by atoms with Gasteiger partial charge < -0.3 is 10.6 Å². The molecule has 8 heteroatoms. The van der Waals surface area contributed by atoms with Crippen molar-refractivity contribution < 1.29 is 19.2 Å². The summed E-state index contributed by atoms with van der Waals surface area (Å²) in [5, 5.41) is 6.08. The Balaban J connectivity index is 1.78. The van der Waals surface area contributed by atoms with E-state index >= 15 is 0 Å². The number of carbonyl (C=O) groups excluding carboxylic acids is 4. The summed E-state index contributed by atoms with van der Waals surface area (Å²) in [6, 6.07) is 29.4. The average molecular weight is 617 g/mol. The molecule has 0 bridgehead atoms. The lowest BCUT2D eigenvalue weighted by Gasteiger charge is -2.40. The summed E-state index contributed by atoms with van der Waals surface area (Å²) in [5.41, 5.74) is 0.865. The molecule has 2 atom stereocenters. The predicted molar refractivity (Wildman–Crippen MR) is 181 cm³/mol. The molecule has 2 unspecified atom stereocenters. The number of anilines is 2. The third-order valence-corrected chi connectivity index (χ3v) is 7.47. The molecule has 1 aliphatic heterocycles. The van der Waals surface area contributed by atoms with E-state index in [9.17, 15) is 19.2 Å². The molecule has 4 aromatic rings. The van der Waals surface area contributed by atoms with Crippen LogP contribution in [0.25, 0.3) is 0 Å². The molecule has 0 fully saturated rings. The highest BCUT2D eigenvalue weighted by Crippen LogP contribution is 2.41. The Morgan fingerprint density at radius 2 is 0.804 bits per heavy atom. The first-order chi connectivity index (χ1) is 21.8. The van der Waals surface area contributed by atoms with Gasteiger partial charge >= 0.3 is 0 Å². The highest BCUT2D eigenvalue weighted by molar-refractivity contribution is 6.23. The quantitative estimate of drug-likeness (QED) is 0.255. The summed E-state index contributed by atoms with van der Waals surface area (Å²) in [5.74, 6) is -1.75. The number of rotatable bonds is 6. The second-order valence-electron chi connectivity index (χ2n) is 13.5. The van der Waals surface area contributed by atoms with Gasteiger partial charge in [0.1, 0.15) is 12.1 Å². The van der Waals surface area contributed by atoms with Gasteiger partial charge in [0.15, 0.2) is 0 Å². The zero-order valence-electron chi connectivity index (χ0n) is 27.1. The van der Waals surface area contributed by atoms with Crippen LogP contribution in [0, 0.1) is 0 Å². The number of benzene rings is 4. The van der Waals surface area contributed by atoms with Gasteiger partial charge in [-0.05, 0) is 76.9 Å². The molecule has 0 aliphatic carbocycles. The van der Waals surface area contributed by atoms with Gasteiger partial charge in [-0.25, -0.2) is 0 Å². The first kappa shape index (κ1) is 32.2. The number of nitrogens with one attached hydrogen (secondary N) is 2. The monoisotopic (exact) mass is 616 g/mol. The summed E-state index contributed by atoms with van der Waals surface area (Å²) >= 11 is 0. The fraction of sp³-hybridized carbons (Fsp3) is 0.263. The van der Waals surface area contributed by atoms with Crippen LogP contribution in [0.4, 0.5) is 11.4 Å². The van der Waals surface area contributed by atoms with Crippen LogP contribution in [-0.4, -0.2) is 34.7 Å². The molecule has 1 heterocycles. The number of carbonyl (C=O) groups is 4. The van der Waals surface area contributed by atoms with Crippen LogP contribution in [0.1, 0.15) is 85.5 Å². The van der Waals surface area contributed by atoms with Gasteiger partial charge in [0, 0.05) is 11.1 Å². The zero-order chi connectivity index (χ0) is 33.2. The van der Waals surface area contributed by atoms with Crippen LogP contribution in [0.5, 0.6) is 0 Å². The standard InChI is InChI=1S/C38H40N4O4/c1-37(2,3)39-33(43)31(25-17-9-7-10-18-25)41-29-23-15-13-21-27(29)36(46)42(30-24-16-14-22-28(30)35(41)45)32(26-19-11-8-12-20-26)34(44)40-38(4,5)6/h7-24,31-32H,1-6H3,(H,39,43)(H,40,44). The van der Waals surface area contributed by atoms with Crippen molar-refractivity contribution in [3.05, 3.63) is 131 Å². The Hall–Kier alpha value is -5.24. The molecule has 4 aromatic carbocycles. The van der Waals surface area contributed by atoms with Crippen molar-refractivity contribution in [3.8, 4) is 0 Å². The number of amides is 4. The molecule has 2 N–H and O–H groups in total. The Morgan fingerprint density at radius 3 is 1.13 bits per heavy atom. The minimum atomic E-state index is -1.10. The Labute approximate surface area is 270 Å². The third-order valence-electron chi connectivity index (χ3n) is 7.47. The average Bonchev–Trinajstić information content (AvgIpc) is 3.00. The highest BCUT2D eigenvalue weighted by Gasteiger charge is 2.43. The van der Waals surface area contributed by atoms with Crippen LogP contribution in [-0.2, 0) is 9.59 Å². The summed E-state index contributed by atoms with van der Waals surface area (Å²) in [6.07, 6.45) is 0. The number of nitrogens with zero attached hydrogens (tertiary/aromatic N) is 2. The molecule has 236 valence electrons. The summed E-state index contributed by atoms with van der Waals surface area (Å²) < 4.78 is 0. The summed E-state index contributed by atoms with van der Waals surface area (Å²) in [4.78, 5) is 61.0. The SMILES string of the molecule is CC(C)(C)NC(=O)C(c1ccccc1)N1C(=O)c2ccccc2N(C(C(=O)NC(C)(C)C)c2ccccc2)C(=O)c2ccccc21. The van der Waals surface area contributed by atoms with E-state index in [0.29, 0.717) is 11.1 Å². The topological polar surface area (TPSA) is 98.8 Å². The smallest absolute Gasteiger partial charge is 0.261 e. The number of hydrogen-bond donors (Lipinski definition) is 2. The van der Waals surface area contributed by atoms with E-state index in [2.05, 4.69) is 10.6 Å². The lowest BCUT2D eigenvalue weighted by atomic mass is 9.94. The van der Waals surface area contributed by atoms with Crippen molar-refractivity contribution >= 4 is 35.0 Å². The first-order valence-electron chi connectivity index (χ1n) is 15.4. The number of para-hydroxylation sites is 2. The van der Waals surface area contributed by atoms with Crippen LogP contribution in [0.15, 0.2) is 109 Å². The van der Waals surface area contributed by atoms with Gasteiger partial charge in [0.05, 0.1) is 22.5 Å². The molecule has 0 spiro atoms. The van der Waals surface area contributed by atoms with Gasteiger partial charge in [-0.2, -0.15) is 0 Å². The third kappa shape index (κ3) is 6.71. The molecular formula is C38H40N4O4. The van der Waals surface area contributed by atoms with E-state index in [4.69, 9.17) is 0 Å². The summed E-state index contributed by atoms with van der Waals surface area (Å²) in [6.45, 7) is 11.2. The van der Waals surface area contributed by atoms with E-state index < -0.39 is 46.8 Å². The van der Waals surface area contributed by atoms with Crippen molar-refractivity contribution in [2.24, 2.45) is 0 Å². The fourth-order valence-corrected chi connectivity index (χ4v) is 5.70. The number of hydrogen-bond acceptors (Lipinski definition) is 4. The van der Waals surface area contributed by atoms with E-state index in [0.717, 1.165) is 0 Å². The van der Waals surface area contributed by atoms with Gasteiger partial charge in [-0.15, -0.1) is 0 Å². The molecule has 8 nitrogen and oxygen atoms in total. The highest BCUT2D eigenvalue weighted by atomic mass is 16.2. The number of fused-ring (bicyclic) bond motifs is 2. The van der Waals surface area contributed by atoms with E-state index in [1.54, 1.807) is 72.8 Å². The van der Waals surface area contributed by atoms with Crippen LogP contribution in [0.3, 0.4) is 0 Å². The minimum absolute atomic E-state index is 0.180. The Kier molecular flexibility index (Phi) is 8.83.